The number of thioether (sulfide) groups is 1. The van der Waals surface area contributed by atoms with Gasteiger partial charge in [-0.05, 0) is 25.8 Å². The predicted octanol–water partition coefficient (Wildman–Crippen LogP) is 0.628. The molecular formula is C8H18N2S. The molecule has 0 aliphatic carbocycles. The molecule has 2 atom stereocenters. The van der Waals surface area contributed by atoms with E-state index in [2.05, 4.69) is 25.9 Å². The van der Waals surface area contributed by atoms with Crippen molar-refractivity contribution < 1.29 is 0 Å². The zero-order chi connectivity index (χ0) is 8.48. The van der Waals surface area contributed by atoms with Crippen molar-refractivity contribution in [2.24, 2.45) is 11.7 Å². The van der Waals surface area contributed by atoms with Crippen LogP contribution >= 0.6 is 11.8 Å². The molecule has 0 aromatic carbocycles. The van der Waals surface area contributed by atoms with E-state index in [4.69, 9.17) is 5.73 Å². The normalized spacial score (nSPS) is 38.5. The van der Waals surface area contributed by atoms with E-state index in [1.54, 1.807) is 0 Å². The van der Waals surface area contributed by atoms with E-state index in [0.29, 0.717) is 0 Å². The van der Waals surface area contributed by atoms with E-state index in [-0.39, 0.29) is 5.54 Å². The molecule has 0 aromatic rings. The van der Waals surface area contributed by atoms with Crippen LogP contribution in [0.3, 0.4) is 0 Å². The van der Waals surface area contributed by atoms with Gasteiger partial charge in [0.1, 0.15) is 0 Å². The fourth-order valence-corrected chi connectivity index (χ4v) is 3.52. The Kier molecular flexibility index (Phi) is 2.84. The Morgan fingerprint density at radius 2 is 2.27 bits per heavy atom. The van der Waals surface area contributed by atoms with Crippen molar-refractivity contribution in [1.29, 1.82) is 0 Å². The lowest BCUT2D eigenvalue weighted by Gasteiger charge is -2.38. The van der Waals surface area contributed by atoms with Crippen molar-refractivity contribution in [2.75, 3.05) is 32.1 Å². The van der Waals surface area contributed by atoms with Gasteiger partial charge in [0.05, 0.1) is 0 Å². The van der Waals surface area contributed by atoms with Crippen molar-refractivity contribution >= 4 is 11.8 Å². The number of nitrogens with zero attached hydrogens (tertiary/aromatic N) is 1. The molecule has 0 spiro atoms. The van der Waals surface area contributed by atoms with Gasteiger partial charge >= 0.3 is 0 Å². The zero-order valence-corrected chi connectivity index (χ0v) is 8.45. The van der Waals surface area contributed by atoms with Crippen LogP contribution in [0.15, 0.2) is 0 Å². The molecule has 1 rings (SSSR count). The molecule has 1 saturated heterocycles. The lowest BCUT2D eigenvalue weighted by atomic mass is 9.87. The largest absolute Gasteiger partial charge is 0.329 e. The van der Waals surface area contributed by atoms with Gasteiger partial charge in [0.15, 0.2) is 0 Å². The topological polar surface area (TPSA) is 29.3 Å². The van der Waals surface area contributed by atoms with Gasteiger partial charge < -0.3 is 10.6 Å². The Morgan fingerprint density at radius 1 is 1.64 bits per heavy atom. The molecule has 66 valence electrons. The van der Waals surface area contributed by atoms with Crippen molar-refractivity contribution in [3.63, 3.8) is 0 Å². The maximum atomic E-state index is 5.81. The van der Waals surface area contributed by atoms with Crippen molar-refractivity contribution in [3.8, 4) is 0 Å². The molecule has 2 unspecified atom stereocenters. The first-order valence-electron chi connectivity index (χ1n) is 4.09. The number of likely N-dealkylation sites (N-methyl/N-ethyl adjacent to an activating group) is 1. The second kappa shape index (κ2) is 3.33. The van der Waals surface area contributed by atoms with E-state index >= 15 is 0 Å². The number of nitrogens with two attached hydrogens (primary N) is 1. The summed E-state index contributed by atoms with van der Waals surface area (Å²) in [7, 11) is 4.27. The summed E-state index contributed by atoms with van der Waals surface area (Å²) in [6.07, 6.45) is 0. The van der Waals surface area contributed by atoms with Crippen LogP contribution in [-0.4, -0.2) is 42.6 Å². The minimum atomic E-state index is 0.269. The van der Waals surface area contributed by atoms with Gasteiger partial charge in [-0.3, -0.25) is 0 Å². The molecule has 0 amide bonds. The first-order valence-corrected chi connectivity index (χ1v) is 5.24. The van der Waals surface area contributed by atoms with Crippen LogP contribution in [-0.2, 0) is 0 Å². The predicted molar refractivity (Wildman–Crippen MR) is 52.0 cm³/mol. The summed E-state index contributed by atoms with van der Waals surface area (Å²) in [4.78, 5) is 2.29. The van der Waals surface area contributed by atoms with Crippen molar-refractivity contribution in [3.05, 3.63) is 0 Å². The van der Waals surface area contributed by atoms with Crippen LogP contribution in [0, 0.1) is 5.92 Å². The lowest BCUT2D eigenvalue weighted by molar-refractivity contribution is 0.140. The van der Waals surface area contributed by atoms with Crippen LogP contribution in [0.1, 0.15) is 6.92 Å². The molecule has 1 aliphatic heterocycles. The summed E-state index contributed by atoms with van der Waals surface area (Å²) in [5.74, 6) is 3.18. The summed E-state index contributed by atoms with van der Waals surface area (Å²) >= 11 is 2.02. The van der Waals surface area contributed by atoms with E-state index in [9.17, 15) is 0 Å². The minimum absolute atomic E-state index is 0.269. The molecule has 0 bridgehead atoms. The molecule has 0 saturated carbocycles. The van der Waals surface area contributed by atoms with Crippen molar-refractivity contribution in [1.82, 2.24) is 4.90 Å². The van der Waals surface area contributed by atoms with Gasteiger partial charge in [0.25, 0.3) is 0 Å². The highest BCUT2D eigenvalue weighted by atomic mass is 32.2. The van der Waals surface area contributed by atoms with Gasteiger partial charge in [0, 0.05) is 17.8 Å². The summed E-state index contributed by atoms with van der Waals surface area (Å²) in [5.41, 5.74) is 6.07. The monoisotopic (exact) mass is 174 g/mol. The highest BCUT2D eigenvalue weighted by Gasteiger charge is 2.41. The van der Waals surface area contributed by atoms with Crippen LogP contribution in [0.5, 0.6) is 0 Å². The van der Waals surface area contributed by atoms with Crippen LogP contribution < -0.4 is 5.73 Å². The van der Waals surface area contributed by atoms with Gasteiger partial charge in [-0.2, -0.15) is 11.8 Å². The second-order valence-corrected chi connectivity index (χ2v) is 4.65. The highest BCUT2D eigenvalue weighted by Crippen LogP contribution is 2.35. The average molecular weight is 174 g/mol. The highest BCUT2D eigenvalue weighted by molar-refractivity contribution is 7.99. The Labute approximate surface area is 73.5 Å². The molecule has 2 N–H and O–H groups in total. The first-order chi connectivity index (χ1) is 5.13. The smallest absolute Gasteiger partial charge is 0.0449 e. The summed E-state index contributed by atoms with van der Waals surface area (Å²) < 4.78 is 0. The number of hydrogen-bond acceptors (Lipinski definition) is 3. The average Bonchev–Trinajstić information content (AvgIpc) is 2.32. The summed E-state index contributed by atoms with van der Waals surface area (Å²) in [6, 6.07) is 0. The third kappa shape index (κ3) is 1.42. The maximum absolute atomic E-state index is 5.81. The molecule has 11 heavy (non-hydrogen) atoms. The number of hydrogen-bond donors (Lipinski definition) is 1. The number of rotatable bonds is 2. The lowest BCUT2D eigenvalue weighted by Crippen LogP contribution is -2.54. The molecule has 2 nitrogen and oxygen atoms in total. The van der Waals surface area contributed by atoms with Gasteiger partial charge in [-0.1, -0.05) is 6.92 Å². The third-order valence-electron chi connectivity index (χ3n) is 2.88. The third-order valence-corrected chi connectivity index (χ3v) is 4.32. The maximum Gasteiger partial charge on any atom is 0.0449 e. The first kappa shape index (κ1) is 9.36. The van der Waals surface area contributed by atoms with E-state index in [0.717, 1.165) is 12.5 Å². The van der Waals surface area contributed by atoms with Gasteiger partial charge in [-0.25, -0.2) is 0 Å². The van der Waals surface area contributed by atoms with E-state index in [1.165, 1.54) is 11.5 Å². The Morgan fingerprint density at radius 3 is 2.45 bits per heavy atom. The fraction of sp³-hybridized carbons (Fsp3) is 1.00. The van der Waals surface area contributed by atoms with E-state index in [1.807, 2.05) is 11.8 Å². The molecule has 0 aromatic heterocycles. The van der Waals surface area contributed by atoms with Gasteiger partial charge in [-0.15, -0.1) is 0 Å². The SMILES string of the molecule is CC1CSCC1(CN)N(C)C. The zero-order valence-electron chi connectivity index (χ0n) is 7.63. The molecule has 0 radical (unpaired) electrons. The van der Waals surface area contributed by atoms with Crippen LogP contribution in [0.25, 0.3) is 0 Å². The Balaban J connectivity index is 2.73. The van der Waals surface area contributed by atoms with E-state index < -0.39 is 0 Å². The summed E-state index contributed by atoms with van der Waals surface area (Å²) in [5, 5.41) is 0. The van der Waals surface area contributed by atoms with Crippen LogP contribution in [0.4, 0.5) is 0 Å². The molecule has 1 fully saturated rings. The molecule has 1 aliphatic rings. The molecule has 1 heterocycles. The standard InChI is InChI=1S/C8H18N2S/c1-7-4-11-6-8(7,5-9)10(2)3/h7H,4-6,9H2,1-3H3. The Bertz CT molecular complexity index is 138. The van der Waals surface area contributed by atoms with Crippen molar-refractivity contribution in [2.45, 2.75) is 12.5 Å². The second-order valence-electron chi connectivity index (χ2n) is 3.62. The van der Waals surface area contributed by atoms with Crippen LogP contribution in [0.2, 0.25) is 0 Å². The quantitative estimate of drug-likeness (QED) is 0.666. The molecular weight excluding hydrogens is 156 g/mol. The molecule has 3 heteroatoms. The summed E-state index contributed by atoms with van der Waals surface area (Å²) in [6.45, 7) is 3.08. The minimum Gasteiger partial charge on any atom is -0.329 e. The fourth-order valence-electron chi connectivity index (χ4n) is 1.72. The Hall–Kier alpha value is 0.270. The van der Waals surface area contributed by atoms with Gasteiger partial charge in [0.2, 0.25) is 0 Å².